The molecule has 0 aliphatic heterocycles. The highest BCUT2D eigenvalue weighted by Gasteiger charge is 2.01. The molecule has 1 aromatic rings. The summed E-state index contributed by atoms with van der Waals surface area (Å²) in [5, 5.41) is 5.39. The fourth-order valence-electron chi connectivity index (χ4n) is 1.55. The Morgan fingerprint density at radius 1 is 1.21 bits per heavy atom. The molecular formula is C14H20N2O2S. The average Bonchev–Trinajstić information content (AvgIpc) is 2.34. The fraction of sp³-hybridized carbons (Fsp3) is 0.429. The summed E-state index contributed by atoms with van der Waals surface area (Å²) in [7, 11) is 0. The van der Waals surface area contributed by atoms with Crippen molar-refractivity contribution in [1.82, 2.24) is 10.6 Å². The monoisotopic (exact) mass is 280 g/mol. The van der Waals surface area contributed by atoms with E-state index in [4.69, 9.17) is 0 Å². The number of aryl methyl sites for hydroxylation is 1. The lowest BCUT2D eigenvalue weighted by atomic mass is 10.2. The third-order valence-corrected chi connectivity index (χ3v) is 3.41. The lowest BCUT2D eigenvalue weighted by Gasteiger charge is -2.06. The van der Waals surface area contributed by atoms with Crippen LogP contribution >= 0.6 is 11.8 Å². The Morgan fingerprint density at radius 3 is 2.63 bits per heavy atom. The van der Waals surface area contributed by atoms with E-state index in [2.05, 4.69) is 35.8 Å². The van der Waals surface area contributed by atoms with Crippen molar-refractivity contribution in [3.63, 3.8) is 0 Å². The number of carbonyl (C=O) groups is 2. The third-order valence-electron chi connectivity index (χ3n) is 2.41. The zero-order valence-electron chi connectivity index (χ0n) is 11.4. The number of hydrogen-bond acceptors (Lipinski definition) is 3. The van der Waals surface area contributed by atoms with Crippen molar-refractivity contribution in [1.29, 1.82) is 0 Å². The van der Waals surface area contributed by atoms with Gasteiger partial charge < -0.3 is 10.6 Å². The second-order valence-corrected chi connectivity index (χ2v) is 5.30. The van der Waals surface area contributed by atoms with Gasteiger partial charge in [0.15, 0.2) is 0 Å². The first kappa shape index (κ1) is 15.6. The maximum Gasteiger partial charge on any atom is 0.230 e. The van der Waals surface area contributed by atoms with Crippen LogP contribution < -0.4 is 10.6 Å². The summed E-state index contributed by atoms with van der Waals surface area (Å²) < 4.78 is 0. The molecule has 0 radical (unpaired) electrons. The fourth-order valence-corrected chi connectivity index (χ4v) is 2.36. The number of carbonyl (C=O) groups excluding carboxylic acids is 2. The summed E-state index contributed by atoms with van der Waals surface area (Å²) in [4.78, 5) is 22.1. The number of amides is 2. The molecular weight excluding hydrogens is 260 g/mol. The van der Waals surface area contributed by atoms with E-state index in [0.29, 0.717) is 18.8 Å². The zero-order valence-corrected chi connectivity index (χ0v) is 12.2. The predicted molar refractivity (Wildman–Crippen MR) is 79.0 cm³/mol. The van der Waals surface area contributed by atoms with E-state index in [1.165, 1.54) is 18.1 Å². The molecule has 0 aliphatic rings. The average molecular weight is 280 g/mol. The minimum absolute atomic E-state index is 0.00278. The van der Waals surface area contributed by atoms with Crippen molar-refractivity contribution in [3.8, 4) is 0 Å². The molecule has 1 aromatic carbocycles. The summed E-state index contributed by atoms with van der Waals surface area (Å²) in [6.07, 6.45) is 0. The van der Waals surface area contributed by atoms with Crippen LogP contribution in [0.15, 0.2) is 24.3 Å². The van der Waals surface area contributed by atoms with Gasteiger partial charge >= 0.3 is 0 Å². The van der Waals surface area contributed by atoms with Gasteiger partial charge in [-0.05, 0) is 12.5 Å². The van der Waals surface area contributed by atoms with Crippen LogP contribution in [0.4, 0.5) is 0 Å². The van der Waals surface area contributed by atoms with Crippen LogP contribution in [0.25, 0.3) is 0 Å². The Balaban J connectivity index is 2.12. The Labute approximate surface area is 118 Å². The summed E-state index contributed by atoms with van der Waals surface area (Å²) in [6, 6.07) is 8.28. The molecule has 0 atom stereocenters. The Bertz CT molecular complexity index is 435. The van der Waals surface area contributed by atoms with Crippen LogP contribution in [0.2, 0.25) is 0 Å². The number of rotatable bonds is 7. The van der Waals surface area contributed by atoms with Gasteiger partial charge in [-0.2, -0.15) is 0 Å². The van der Waals surface area contributed by atoms with Crippen molar-refractivity contribution < 1.29 is 9.59 Å². The first-order chi connectivity index (χ1) is 9.08. The van der Waals surface area contributed by atoms with Crippen LogP contribution in [0.5, 0.6) is 0 Å². The second-order valence-electron chi connectivity index (χ2n) is 4.31. The van der Waals surface area contributed by atoms with E-state index in [1.54, 1.807) is 11.8 Å². The quantitative estimate of drug-likeness (QED) is 0.744. The van der Waals surface area contributed by atoms with E-state index in [1.807, 2.05) is 6.07 Å². The van der Waals surface area contributed by atoms with Crippen LogP contribution in [0, 0.1) is 6.92 Å². The van der Waals surface area contributed by atoms with Crippen molar-refractivity contribution in [3.05, 3.63) is 35.4 Å². The van der Waals surface area contributed by atoms with Gasteiger partial charge in [-0.15, -0.1) is 11.8 Å². The van der Waals surface area contributed by atoms with Gasteiger partial charge in [-0.1, -0.05) is 29.8 Å². The molecule has 19 heavy (non-hydrogen) atoms. The molecule has 0 spiro atoms. The van der Waals surface area contributed by atoms with E-state index in [0.717, 1.165) is 5.75 Å². The van der Waals surface area contributed by atoms with Gasteiger partial charge in [-0.3, -0.25) is 9.59 Å². The molecule has 2 amide bonds. The standard InChI is InChI=1S/C14H20N2O2S/c1-11-4-3-5-13(8-11)9-19-10-14(18)16-7-6-15-12(2)17/h3-5,8H,6-7,9-10H2,1-2H3,(H,15,17)(H,16,18). The lowest BCUT2D eigenvalue weighted by molar-refractivity contribution is -0.120. The molecule has 0 unspecified atom stereocenters. The summed E-state index contributed by atoms with van der Waals surface area (Å²) >= 11 is 1.59. The highest BCUT2D eigenvalue weighted by molar-refractivity contribution is 7.99. The second kappa shape index (κ2) is 8.58. The van der Waals surface area contributed by atoms with Gasteiger partial charge in [0.1, 0.15) is 0 Å². The van der Waals surface area contributed by atoms with Crippen molar-refractivity contribution >= 4 is 23.6 Å². The van der Waals surface area contributed by atoms with Crippen molar-refractivity contribution in [2.75, 3.05) is 18.8 Å². The topological polar surface area (TPSA) is 58.2 Å². The molecule has 0 saturated heterocycles. The maximum atomic E-state index is 11.5. The maximum absolute atomic E-state index is 11.5. The van der Waals surface area contributed by atoms with Crippen molar-refractivity contribution in [2.24, 2.45) is 0 Å². The van der Waals surface area contributed by atoms with Gasteiger partial charge in [-0.25, -0.2) is 0 Å². The molecule has 104 valence electrons. The molecule has 0 saturated carbocycles. The van der Waals surface area contributed by atoms with Gasteiger partial charge in [0, 0.05) is 25.8 Å². The van der Waals surface area contributed by atoms with E-state index >= 15 is 0 Å². The number of hydrogen-bond donors (Lipinski definition) is 2. The summed E-state index contributed by atoms with van der Waals surface area (Å²) in [5.41, 5.74) is 2.47. The smallest absolute Gasteiger partial charge is 0.230 e. The Kier molecular flexibility index (Phi) is 7.03. The SMILES string of the molecule is CC(=O)NCCNC(=O)CSCc1cccc(C)c1. The van der Waals surface area contributed by atoms with Crippen LogP contribution in [0.1, 0.15) is 18.1 Å². The molecule has 0 aliphatic carbocycles. The number of benzene rings is 1. The van der Waals surface area contributed by atoms with E-state index in [9.17, 15) is 9.59 Å². The van der Waals surface area contributed by atoms with Crippen LogP contribution in [-0.4, -0.2) is 30.7 Å². The van der Waals surface area contributed by atoms with E-state index < -0.39 is 0 Å². The minimum atomic E-state index is -0.0805. The Hall–Kier alpha value is -1.49. The first-order valence-corrected chi connectivity index (χ1v) is 7.38. The zero-order chi connectivity index (χ0) is 14.1. The lowest BCUT2D eigenvalue weighted by Crippen LogP contribution is -2.34. The molecule has 0 aromatic heterocycles. The van der Waals surface area contributed by atoms with Gasteiger partial charge in [0.05, 0.1) is 5.75 Å². The van der Waals surface area contributed by atoms with Crippen LogP contribution in [-0.2, 0) is 15.3 Å². The highest BCUT2D eigenvalue weighted by atomic mass is 32.2. The van der Waals surface area contributed by atoms with Gasteiger partial charge in [0.2, 0.25) is 11.8 Å². The molecule has 0 fully saturated rings. The predicted octanol–water partition coefficient (Wildman–Crippen LogP) is 1.48. The number of nitrogens with one attached hydrogen (secondary N) is 2. The molecule has 0 bridgehead atoms. The van der Waals surface area contributed by atoms with Crippen molar-refractivity contribution in [2.45, 2.75) is 19.6 Å². The summed E-state index contributed by atoms with van der Waals surface area (Å²) in [6.45, 7) is 4.47. The van der Waals surface area contributed by atoms with E-state index in [-0.39, 0.29) is 11.8 Å². The molecule has 5 heteroatoms. The first-order valence-electron chi connectivity index (χ1n) is 6.22. The largest absolute Gasteiger partial charge is 0.355 e. The molecule has 4 nitrogen and oxygen atoms in total. The number of thioether (sulfide) groups is 1. The highest BCUT2D eigenvalue weighted by Crippen LogP contribution is 2.12. The minimum Gasteiger partial charge on any atom is -0.355 e. The normalized spacial score (nSPS) is 10.0. The third kappa shape index (κ3) is 7.51. The molecule has 2 N–H and O–H groups in total. The molecule has 0 heterocycles. The summed E-state index contributed by atoms with van der Waals surface area (Å²) in [5.74, 6) is 1.19. The van der Waals surface area contributed by atoms with Crippen LogP contribution in [0.3, 0.4) is 0 Å². The Morgan fingerprint density at radius 2 is 1.95 bits per heavy atom. The molecule has 1 rings (SSSR count). The van der Waals surface area contributed by atoms with Gasteiger partial charge in [0.25, 0.3) is 0 Å².